The van der Waals surface area contributed by atoms with Gasteiger partial charge in [0.2, 0.25) is 0 Å². The van der Waals surface area contributed by atoms with Crippen LogP contribution in [0.1, 0.15) is 42.0 Å². The van der Waals surface area contributed by atoms with Gasteiger partial charge in [-0.2, -0.15) is 0 Å². The number of imide groups is 1. The fourth-order valence-corrected chi connectivity index (χ4v) is 4.81. The van der Waals surface area contributed by atoms with Crippen molar-refractivity contribution < 1.29 is 23.8 Å². The molecule has 1 aliphatic heterocycles. The van der Waals surface area contributed by atoms with E-state index in [4.69, 9.17) is 14.2 Å². The highest BCUT2D eigenvalue weighted by molar-refractivity contribution is 8.18. The Morgan fingerprint density at radius 3 is 2.03 bits per heavy atom. The molecule has 38 heavy (non-hydrogen) atoms. The molecule has 1 saturated heterocycles. The van der Waals surface area contributed by atoms with E-state index in [2.05, 4.69) is 26.0 Å². The molecule has 0 aromatic heterocycles. The fourth-order valence-electron chi connectivity index (χ4n) is 3.95. The zero-order valence-corrected chi connectivity index (χ0v) is 23.0. The highest BCUT2D eigenvalue weighted by Crippen LogP contribution is 2.33. The van der Waals surface area contributed by atoms with Crippen molar-refractivity contribution in [1.29, 1.82) is 0 Å². The number of carbonyl (C=O) groups is 2. The van der Waals surface area contributed by atoms with Crippen LogP contribution in [0.2, 0.25) is 0 Å². The third-order valence-corrected chi connectivity index (χ3v) is 6.96. The van der Waals surface area contributed by atoms with Gasteiger partial charge >= 0.3 is 0 Å². The Hall–Kier alpha value is -3.71. The van der Waals surface area contributed by atoms with E-state index >= 15 is 0 Å². The molecule has 0 atom stereocenters. The molecule has 1 heterocycles. The summed E-state index contributed by atoms with van der Waals surface area (Å²) in [6.45, 7) is 9.56. The summed E-state index contributed by atoms with van der Waals surface area (Å²) in [5.74, 6) is 2.33. The van der Waals surface area contributed by atoms with Gasteiger partial charge in [-0.15, -0.1) is 0 Å². The van der Waals surface area contributed by atoms with Crippen molar-refractivity contribution in [3.63, 3.8) is 0 Å². The van der Waals surface area contributed by atoms with Gasteiger partial charge in [0.15, 0.2) is 0 Å². The topological polar surface area (TPSA) is 65.1 Å². The summed E-state index contributed by atoms with van der Waals surface area (Å²) in [6, 6.07) is 21.4. The van der Waals surface area contributed by atoms with Crippen molar-refractivity contribution in [2.75, 3.05) is 26.4 Å². The van der Waals surface area contributed by atoms with E-state index in [0.717, 1.165) is 40.0 Å². The van der Waals surface area contributed by atoms with Gasteiger partial charge < -0.3 is 14.2 Å². The lowest BCUT2D eigenvalue weighted by molar-refractivity contribution is -0.123. The number of hydrogen-bond donors (Lipinski definition) is 0. The second kappa shape index (κ2) is 12.7. The molecule has 1 fully saturated rings. The quantitative estimate of drug-likeness (QED) is 0.196. The van der Waals surface area contributed by atoms with E-state index in [9.17, 15) is 9.59 Å². The first-order chi connectivity index (χ1) is 18.3. The van der Waals surface area contributed by atoms with Crippen molar-refractivity contribution in [2.45, 2.75) is 33.6 Å². The maximum absolute atomic E-state index is 12.9. The summed E-state index contributed by atoms with van der Waals surface area (Å²) >= 11 is 0.948. The number of benzene rings is 3. The minimum absolute atomic E-state index is 0.199. The molecule has 2 amide bonds. The van der Waals surface area contributed by atoms with Crippen LogP contribution in [0.5, 0.6) is 17.2 Å². The van der Waals surface area contributed by atoms with Crippen LogP contribution in [0.4, 0.5) is 4.79 Å². The Bertz CT molecular complexity index is 1300. The zero-order valence-electron chi connectivity index (χ0n) is 22.2. The second-order valence-electron chi connectivity index (χ2n) is 9.46. The molecule has 0 bridgehead atoms. The number of rotatable bonds is 11. The van der Waals surface area contributed by atoms with Gasteiger partial charge in [-0.25, -0.2) is 0 Å². The number of hydrogen-bond acceptors (Lipinski definition) is 6. The van der Waals surface area contributed by atoms with Gasteiger partial charge in [-0.3, -0.25) is 14.5 Å². The highest BCUT2D eigenvalue weighted by atomic mass is 32.2. The van der Waals surface area contributed by atoms with E-state index < -0.39 is 0 Å². The Morgan fingerprint density at radius 1 is 0.789 bits per heavy atom. The number of aryl methyl sites for hydroxylation is 2. The van der Waals surface area contributed by atoms with E-state index in [1.165, 1.54) is 10.5 Å². The van der Waals surface area contributed by atoms with Gasteiger partial charge in [0.05, 0.1) is 11.4 Å². The summed E-state index contributed by atoms with van der Waals surface area (Å²) in [5, 5.41) is -0.285. The Labute approximate surface area is 228 Å². The molecule has 0 unspecified atom stereocenters. The molecule has 0 saturated carbocycles. The first-order valence-corrected chi connectivity index (χ1v) is 13.5. The molecule has 4 rings (SSSR count). The largest absolute Gasteiger partial charge is 0.491 e. The van der Waals surface area contributed by atoms with Crippen molar-refractivity contribution in [3.8, 4) is 17.2 Å². The lowest BCUT2D eigenvalue weighted by Gasteiger charge is -2.17. The maximum atomic E-state index is 12.9. The standard InChI is InChI=1S/C31H33NO5S/c1-21(2)27-14-7-23(4)19-28(27)37-16-15-32-30(33)29(38-31(32)34)20-24-8-12-26(13-9-24)36-18-17-35-25-10-5-22(3)6-11-25/h5-14,19-21H,15-18H2,1-4H3/b29-20-. The predicted molar refractivity (Wildman–Crippen MR) is 152 cm³/mol. The fraction of sp³-hybridized carbons (Fsp3) is 0.290. The van der Waals surface area contributed by atoms with Crippen LogP contribution in [0.15, 0.2) is 71.6 Å². The van der Waals surface area contributed by atoms with Crippen LogP contribution < -0.4 is 14.2 Å². The van der Waals surface area contributed by atoms with Crippen LogP contribution in [0.3, 0.4) is 0 Å². The summed E-state index contributed by atoms with van der Waals surface area (Å²) in [4.78, 5) is 27.0. The SMILES string of the molecule is Cc1ccc(OCCOc2ccc(/C=C3\SC(=O)N(CCOc4cc(C)ccc4C(C)C)C3=O)cc2)cc1. The summed E-state index contributed by atoms with van der Waals surface area (Å²) in [5.41, 5.74) is 4.21. The minimum atomic E-state index is -0.300. The highest BCUT2D eigenvalue weighted by Gasteiger charge is 2.34. The number of nitrogens with zero attached hydrogens (tertiary/aromatic N) is 1. The first kappa shape index (κ1) is 27.3. The van der Waals surface area contributed by atoms with Gasteiger partial charge in [0, 0.05) is 0 Å². The van der Waals surface area contributed by atoms with E-state index in [-0.39, 0.29) is 24.3 Å². The van der Waals surface area contributed by atoms with Crippen molar-refractivity contribution in [1.82, 2.24) is 4.90 Å². The average molecular weight is 532 g/mol. The van der Waals surface area contributed by atoms with Crippen molar-refractivity contribution in [3.05, 3.63) is 93.9 Å². The number of ether oxygens (including phenoxy) is 3. The number of amides is 2. The van der Waals surface area contributed by atoms with Gasteiger partial charge in [0.25, 0.3) is 11.1 Å². The lowest BCUT2D eigenvalue weighted by atomic mass is 10.0. The van der Waals surface area contributed by atoms with Crippen LogP contribution in [-0.4, -0.2) is 42.4 Å². The third-order valence-electron chi connectivity index (χ3n) is 6.06. The van der Waals surface area contributed by atoms with Gasteiger partial charge in [-0.1, -0.05) is 55.8 Å². The molecule has 3 aromatic carbocycles. The molecular formula is C31H33NO5S. The van der Waals surface area contributed by atoms with Crippen LogP contribution in [0, 0.1) is 13.8 Å². The first-order valence-electron chi connectivity index (χ1n) is 12.7. The maximum Gasteiger partial charge on any atom is 0.293 e. The molecule has 7 heteroatoms. The Morgan fingerprint density at radius 2 is 1.39 bits per heavy atom. The van der Waals surface area contributed by atoms with Crippen LogP contribution >= 0.6 is 11.8 Å². The number of carbonyl (C=O) groups excluding carboxylic acids is 2. The molecule has 0 aliphatic carbocycles. The average Bonchev–Trinajstić information content (AvgIpc) is 3.16. The minimum Gasteiger partial charge on any atom is -0.491 e. The predicted octanol–water partition coefficient (Wildman–Crippen LogP) is 7.00. The molecule has 0 spiro atoms. The molecule has 0 radical (unpaired) electrons. The second-order valence-corrected chi connectivity index (χ2v) is 10.4. The number of thioether (sulfide) groups is 1. The van der Waals surface area contributed by atoms with Crippen molar-refractivity contribution >= 4 is 29.0 Å². The summed E-state index contributed by atoms with van der Waals surface area (Å²) < 4.78 is 17.4. The molecule has 0 N–H and O–H groups in total. The van der Waals surface area contributed by atoms with E-state index in [1.54, 1.807) is 6.08 Å². The monoisotopic (exact) mass is 531 g/mol. The zero-order chi connectivity index (χ0) is 27.1. The van der Waals surface area contributed by atoms with Gasteiger partial charge in [0.1, 0.15) is 37.1 Å². The normalized spacial score (nSPS) is 14.4. The van der Waals surface area contributed by atoms with Crippen LogP contribution in [-0.2, 0) is 4.79 Å². The molecule has 6 nitrogen and oxygen atoms in total. The van der Waals surface area contributed by atoms with Gasteiger partial charge in [-0.05, 0) is 84.6 Å². The summed E-state index contributed by atoms with van der Waals surface area (Å²) in [6.07, 6.45) is 1.73. The van der Waals surface area contributed by atoms with Crippen molar-refractivity contribution in [2.24, 2.45) is 0 Å². The lowest BCUT2D eigenvalue weighted by Crippen LogP contribution is -2.32. The smallest absolute Gasteiger partial charge is 0.293 e. The third kappa shape index (κ3) is 7.19. The molecular weight excluding hydrogens is 498 g/mol. The van der Waals surface area contributed by atoms with E-state index in [1.807, 2.05) is 68.4 Å². The molecule has 198 valence electrons. The molecule has 3 aromatic rings. The Kier molecular flexibility index (Phi) is 9.13. The van der Waals surface area contributed by atoms with Crippen LogP contribution in [0.25, 0.3) is 6.08 Å². The van der Waals surface area contributed by atoms with E-state index in [0.29, 0.717) is 29.8 Å². The summed E-state index contributed by atoms with van der Waals surface area (Å²) in [7, 11) is 0. The molecule has 1 aliphatic rings. The Balaban J connectivity index is 1.27.